The monoisotopic (exact) mass is 598 g/mol. The zero-order valence-electron chi connectivity index (χ0n) is 24.5. The lowest BCUT2D eigenvalue weighted by atomic mass is 9.39. The number of nitrogens with one attached hydrogen (secondary N) is 1. The van der Waals surface area contributed by atoms with Crippen molar-refractivity contribution in [3.8, 4) is 11.4 Å². The number of carbonyl (C=O) groups is 1. The molecule has 8 nitrogen and oxygen atoms in total. The molecule has 4 heterocycles. The van der Waals surface area contributed by atoms with E-state index in [9.17, 15) is 9.18 Å². The molecule has 1 aliphatic heterocycles. The smallest absolute Gasteiger partial charge is 0.271 e. The first-order valence-corrected chi connectivity index (χ1v) is 14.7. The normalized spacial score (nSPS) is 21.2. The molecular weight excluding hydrogens is 571 g/mol. The maximum Gasteiger partial charge on any atom is 0.271 e. The summed E-state index contributed by atoms with van der Waals surface area (Å²) in [5.41, 5.74) is 1.67. The molecule has 3 aromatic heterocycles. The second-order valence-electron chi connectivity index (χ2n) is 11.0. The van der Waals surface area contributed by atoms with E-state index in [0.29, 0.717) is 28.2 Å². The molecule has 213 valence electrons. The van der Waals surface area contributed by atoms with Crippen LogP contribution < -0.4 is 10.1 Å². The number of rotatable bonds is 8. The molecule has 9 radical (unpaired) electrons. The summed E-state index contributed by atoms with van der Waals surface area (Å²) in [4.78, 5) is 28.8. The molecule has 2 N–H and O–H groups in total. The van der Waals surface area contributed by atoms with E-state index >= 15 is 0 Å². The number of hydrogen-bond donors (Lipinski definition) is 2. The molecule has 2 atom stereocenters. The maximum absolute atomic E-state index is 15.0. The standard InChI is InChI=1S/C29H26B5FN5O3S/c1-16-4-5-17(10-24(16)44-9-8-41)26(42)37-15-20-13-22-18(14-36-20)6-7-21(38-22)23-11-19(35)12-25(39-23)40-29(32,33)27(2,30)43-28(3,31)34-40/h4-7,10-14,41H,8-9,15H2,1-3H3,(H,37,42). The number of aliphatic hydroxyl groups is 1. The van der Waals surface area contributed by atoms with Crippen LogP contribution in [-0.2, 0) is 11.3 Å². The summed E-state index contributed by atoms with van der Waals surface area (Å²) in [5.74, 6) is -0.252. The van der Waals surface area contributed by atoms with Crippen LogP contribution in [0.5, 0.6) is 0 Å². The summed E-state index contributed by atoms with van der Waals surface area (Å²) in [6, 6.07) is 13.1. The molecule has 4 aromatic rings. The van der Waals surface area contributed by atoms with Crippen molar-refractivity contribution in [2.45, 2.75) is 48.4 Å². The SMILES string of the molecule is [B]C1(C)[B]N(c2cc(F)cc(-c3ccc4cnc(CNC(=O)c5ccc(C)c(SCCO)c5)cc4n3)n2)C([B])([B])C([B])(C)O1. The van der Waals surface area contributed by atoms with Crippen LogP contribution in [0, 0.1) is 12.7 Å². The Balaban J connectivity index is 1.39. The number of benzene rings is 1. The van der Waals surface area contributed by atoms with Crippen LogP contribution in [-0.4, -0.2) is 93.4 Å². The topological polar surface area (TPSA) is 100 Å². The first-order chi connectivity index (χ1) is 20.7. The van der Waals surface area contributed by atoms with Crippen LogP contribution >= 0.6 is 11.8 Å². The molecule has 1 saturated heterocycles. The lowest BCUT2D eigenvalue weighted by Gasteiger charge is -2.60. The molecule has 1 aliphatic rings. The van der Waals surface area contributed by atoms with E-state index in [1.807, 2.05) is 19.1 Å². The number of aryl methyl sites for hydroxylation is 1. The first-order valence-electron chi connectivity index (χ1n) is 13.8. The van der Waals surface area contributed by atoms with Crippen LogP contribution in [0.25, 0.3) is 22.3 Å². The molecule has 0 bridgehead atoms. The highest BCUT2D eigenvalue weighted by atomic mass is 32.2. The number of ether oxygens (including phenoxy) is 1. The van der Waals surface area contributed by atoms with Crippen molar-refractivity contribution in [1.29, 1.82) is 0 Å². The number of aromatic nitrogens is 3. The molecule has 0 spiro atoms. The lowest BCUT2D eigenvalue weighted by Crippen LogP contribution is -2.76. The third-order valence-electron chi connectivity index (χ3n) is 7.16. The van der Waals surface area contributed by atoms with Gasteiger partial charge in [-0.05, 0) is 62.0 Å². The van der Waals surface area contributed by atoms with E-state index in [-0.39, 0.29) is 30.6 Å². The molecule has 1 fully saturated rings. The number of thioether (sulfide) groups is 1. The number of nitrogens with zero attached hydrogens (tertiary/aromatic N) is 4. The van der Waals surface area contributed by atoms with Gasteiger partial charge >= 0.3 is 0 Å². The molecule has 2 unspecified atom stereocenters. The predicted octanol–water partition coefficient (Wildman–Crippen LogP) is 2.33. The van der Waals surface area contributed by atoms with E-state index in [1.165, 1.54) is 43.0 Å². The number of fused-ring (bicyclic) bond motifs is 1. The fourth-order valence-electron chi connectivity index (χ4n) is 4.78. The molecule has 5 rings (SSSR count). The minimum atomic E-state index is -1.82. The fourth-order valence-corrected chi connectivity index (χ4v) is 5.60. The Hall–Kier alpha value is -3.28. The number of anilines is 1. The van der Waals surface area contributed by atoms with E-state index in [1.54, 1.807) is 37.4 Å². The van der Waals surface area contributed by atoms with Crippen LogP contribution in [0.15, 0.2) is 59.6 Å². The number of halogens is 1. The second kappa shape index (κ2) is 12.3. The largest absolute Gasteiger partial charge is 0.411 e. The van der Waals surface area contributed by atoms with Crippen LogP contribution in [0.3, 0.4) is 0 Å². The van der Waals surface area contributed by atoms with Crippen LogP contribution in [0.2, 0.25) is 0 Å². The van der Waals surface area contributed by atoms with Crippen LogP contribution in [0.1, 0.15) is 35.5 Å². The third-order valence-corrected chi connectivity index (χ3v) is 8.29. The van der Waals surface area contributed by atoms with E-state index in [2.05, 4.69) is 15.3 Å². The zero-order valence-corrected chi connectivity index (χ0v) is 25.4. The Labute approximate surface area is 266 Å². The summed E-state index contributed by atoms with van der Waals surface area (Å²) in [6.07, 6.45) is 1.65. The van der Waals surface area contributed by atoms with Gasteiger partial charge in [0.05, 0.1) is 51.4 Å². The number of aliphatic hydroxyl groups excluding tert-OH is 1. The highest BCUT2D eigenvalue weighted by Gasteiger charge is 2.50. The predicted molar refractivity (Wildman–Crippen MR) is 175 cm³/mol. The van der Waals surface area contributed by atoms with Gasteiger partial charge in [-0.1, -0.05) is 6.07 Å². The van der Waals surface area contributed by atoms with Gasteiger partial charge in [0.25, 0.3) is 13.3 Å². The fraction of sp³-hybridized carbons (Fsp3) is 0.310. The van der Waals surface area contributed by atoms with Gasteiger partial charge in [0.2, 0.25) is 0 Å². The summed E-state index contributed by atoms with van der Waals surface area (Å²) < 4.78 is 20.6. The number of pyridine rings is 3. The van der Waals surface area contributed by atoms with Gasteiger partial charge in [0.1, 0.15) is 27.3 Å². The van der Waals surface area contributed by atoms with Crippen molar-refractivity contribution >= 4 is 73.2 Å². The Morgan fingerprint density at radius 3 is 2.61 bits per heavy atom. The summed E-state index contributed by atoms with van der Waals surface area (Å²) in [7, 11) is 26.5. The van der Waals surface area contributed by atoms with Crippen molar-refractivity contribution in [2.24, 2.45) is 0 Å². The van der Waals surface area contributed by atoms with Gasteiger partial charge in [0.15, 0.2) is 0 Å². The second-order valence-corrected chi connectivity index (χ2v) is 12.2. The van der Waals surface area contributed by atoms with Gasteiger partial charge in [-0.2, -0.15) is 0 Å². The number of hydrogen-bond acceptors (Lipinski definition) is 8. The highest BCUT2D eigenvalue weighted by molar-refractivity contribution is 7.99. The molecular formula is C29H26B5FN5O3S. The first kappa shape index (κ1) is 32.1. The zero-order chi connectivity index (χ0) is 31.9. The van der Waals surface area contributed by atoms with Gasteiger partial charge in [-0.3, -0.25) is 9.78 Å². The summed E-state index contributed by atoms with van der Waals surface area (Å²) >= 11 is 1.49. The van der Waals surface area contributed by atoms with Crippen LogP contribution in [0.4, 0.5) is 10.2 Å². The summed E-state index contributed by atoms with van der Waals surface area (Å²) in [5, 5.41) is 9.59. The minimum Gasteiger partial charge on any atom is -0.411 e. The molecule has 1 amide bonds. The van der Waals surface area contributed by atoms with E-state index in [4.69, 9.17) is 46.2 Å². The Kier molecular flexibility index (Phi) is 8.95. The van der Waals surface area contributed by atoms with Crippen molar-refractivity contribution < 1.29 is 19.0 Å². The van der Waals surface area contributed by atoms with Crippen molar-refractivity contribution in [2.75, 3.05) is 17.2 Å². The molecule has 0 saturated carbocycles. The van der Waals surface area contributed by atoms with E-state index in [0.717, 1.165) is 15.8 Å². The van der Waals surface area contributed by atoms with E-state index < -0.39 is 22.1 Å². The molecule has 44 heavy (non-hydrogen) atoms. The van der Waals surface area contributed by atoms with Crippen molar-refractivity contribution in [3.05, 3.63) is 77.4 Å². The lowest BCUT2D eigenvalue weighted by molar-refractivity contribution is -0.0268. The van der Waals surface area contributed by atoms with Gasteiger partial charge in [0, 0.05) is 50.8 Å². The quantitative estimate of drug-likeness (QED) is 0.236. The van der Waals surface area contributed by atoms with Gasteiger partial charge in [-0.25, -0.2) is 14.4 Å². The third kappa shape index (κ3) is 6.70. The molecule has 1 aromatic carbocycles. The summed E-state index contributed by atoms with van der Waals surface area (Å²) in [6.45, 7) is 5.21. The molecule has 15 heteroatoms. The minimum absolute atomic E-state index is 0.0521. The Morgan fingerprint density at radius 2 is 1.86 bits per heavy atom. The Bertz CT molecular complexity index is 1730. The Morgan fingerprint density at radius 1 is 1.09 bits per heavy atom. The van der Waals surface area contributed by atoms with Gasteiger partial charge < -0.3 is 20.0 Å². The molecule has 0 aliphatic carbocycles. The van der Waals surface area contributed by atoms with Crippen molar-refractivity contribution in [1.82, 2.24) is 20.3 Å². The average Bonchev–Trinajstić information content (AvgIpc) is 2.96. The maximum atomic E-state index is 15.0. The average molecular weight is 598 g/mol. The number of carbonyl (C=O) groups excluding carboxylic acids is 1. The van der Waals surface area contributed by atoms with Crippen molar-refractivity contribution in [3.63, 3.8) is 0 Å². The highest BCUT2D eigenvalue weighted by Crippen LogP contribution is 2.37. The van der Waals surface area contributed by atoms with Gasteiger partial charge in [-0.15, -0.1) is 11.8 Å². The number of amides is 1.